The van der Waals surface area contributed by atoms with Crippen molar-refractivity contribution in [2.75, 3.05) is 26.2 Å². The van der Waals surface area contributed by atoms with Gasteiger partial charge in [-0.15, -0.1) is 0 Å². The van der Waals surface area contributed by atoms with Gasteiger partial charge in [0.05, 0.1) is 11.1 Å². The smallest absolute Gasteiger partial charge is 0.244 e. The SMILES string of the molecule is C[C@H](NS(=O)(=O)c1ccccc1F)C(=O)N1CCN(S(=O)(=O)c2ccccc2Cl)CC1. The summed E-state index contributed by atoms with van der Waals surface area (Å²) >= 11 is 6.01. The van der Waals surface area contributed by atoms with Crippen LogP contribution in [0, 0.1) is 5.82 Å². The number of hydrogen-bond acceptors (Lipinski definition) is 5. The quantitative estimate of drug-likeness (QED) is 0.665. The molecule has 1 heterocycles. The molecule has 0 radical (unpaired) electrons. The average molecular weight is 490 g/mol. The number of sulfonamides is 2. The van der Waals surface area contributed by atoms with Crippen LogP contribution >= 0.6 is 11.6 Å². The molecule has 31 heavy (non-hydrogen) atoms. The van der Waals surface area contributed by atoms with E-state index < -0.39 is 42.7 Å². The van der Waals surface area contributed by atoms with Gasteiger partial charge >= 0.3 is 0 Å². The van der Waals surface area contributed by atoms with Gasteiger partial charge in [-0.2, -0.15) is 9.03 Å². The van der Waals surface area contributed by atoms with E-state index in [1.165, 1.54) is 40.4 Å². The number of piperazine rings is 1. The fourth-order valence-electron chi connectivity index (χ4n) is 3.23. The molecule has 0 unspecified atom stereocenters. The minimum Gasteiger partial charge on any atom is -0.339 e. The van der Waals surface area contributed by atoms with Crippen LogP contribution in [-0.4, -0.2) is 64.2 Å². The van der Waals surface area contributed by atoms with Gasteiger partial charge in [0.1, 0.15) is 15.6 Å². The molecule has 168 valence electrons. The summed E-state index contributed by atoms with van der Waals surface area (Å²) in [5.74, 6) is -1.46. The molecule has 2 aromatic carbocycles. The molecule has 1 atom stereocenters. The molecular weight excluding hydrogens is 469 g/mol. The lowest BCUT2D eigenvalue weighted by Gasteiger charge is -2.35. The molecule has 2 aromatic rings. The third-order valence-electron chi connectivity index (χ3n) is 4.83. The summed E-state index contributed by atoms with van der Waals surface area (Å²) in [5.41, 5.74) is 0. The fourth-order valence-corrected chi connectivity index (χ4v) is 6.42. The number of nitrogens with zero attached hydrogens (tertiary/aromatic N) is 2. The van der Waals surface area contributed by atoms with Crippen LogP contribution in [0.15, 0.2) is 58.3 Å². The van der Waals surface area contributed by atoms with Crippen molar-refractivity contribution in [3.8, 4) is 0 Å². The molecule has 0 saturated carbocycles. The third-order valence-corrected chi connectivity index (χ3v) is 8.81. The van der Waals surface area contributed by atoms with Crippen LogP contribution in [0.1, 0.15) is 6.92 Å². The summed E-state index contributed by atoms with van der Waals surface area (Å²) < 4.78 is 67.6. The molecule has 8 nitrogen and oxygen atoms in total. The Kier molecular flexibility index (Phi) is 7.01. The number of carbonyl (C=O) groups excluding carboxylic acids is 1. The van der Waals surface area contributed by atoms with Crippen LogP contribution in [0.5, 0.6) is 0 Å². The van der Waals surface area contributed by atoms with Gasteiger partial charge in [-0.05, 0) is 31.2 Å². The van der Waals surface area contributed by atoms with Gasteiger partial charge in [0, 0.05) is 26.2 Å². The topological polar surface area (TPSA) is 104 Å². The number of halogens is 2. The lowest BCUT2D eigenvalue weighted by molar-refractivity contribution is -0.133. The minimum absolute atomic E-state index is 0.0116. The molecule has 1 aliphatic heterocycles. The molecule has 0 aromatic heterocycles. The molecule has 0 spiro atoms. The van der Waals surface area contributed by atoms with Gasteiger partial charge in [-0.3, -0.25) is 4.79 Å². The lowest BCUT2D eigenvalue weighted by Crippen LogP contribution is -2.55. The molecule has 3 rings (SSSR count). The fraction of sp³-hybridized carbons (Fsp3) is 0.316. The first-order chi connectivity index (χ1) is 14.5. The van der Waals surface area contributed by atoms with Crippen LogP contribution in [-0.2, 0) is 24.8 Å². The Hall–Kier alpha value is -2.05. The summed E-state index contributed by atoms with van der Waals surface area (Å²) in [6.45, 7) is 1.58. The highest BCUT2D eigenvalue weighted by atomic mass is 35.5. The van der Waals surface area contributed by atoms with Gasteiger partial charge in [0.25, 0.3) is 0 Å². The van der Waals surface area contributed by atoms with E-state index in [1.54, 1.807) is 12.1 Å². The first-order valence-corrected chi connectivity index (χ1v) is 12.6. The zero-order chi connectivity index (χ0) is 22.8. The van der Waals surface area contributed by atoms with Crippen LogP contribution in [0.4, 0.5) is 4.39 Å². The van der Waals surface area contributed by atoms with Crippen molar-refractivity contribution in [1.29, 1.82) is 0 Å². The second-order valence-electron chi connectivity index (χ2n) is 6.93. The highest BCUT2D eigenvalue weighted by molar-refractivity contribution is 7.89. The first-order valence-electron chi connectivity index (χ1n) is 9.34. The normalized spacial score (nSPS) is 16.8. The zero-order valence-corrected chi connectivity index (χ0v) is 18.9. The Morgan fingerprint density at radius 3 is 2.10 bits per heavy atom. The predicted octanol–water partition coefficient (Wildman–Crippen LogP) is 1.68. The number of carbonyl (C=O) groups is 1. The van der Waals surface area contributed by atoms with Gasteiger partial charge in [-0.25, -0.2) is 21.2 Å². The van der Waals surface area contributed by atoms with Crippen LogP contribution in [0.25, 0.3) is 0 Å². The Bertz CT molecular complexity index is 1180. The number of hydrogen-bond donors (Lipinski definition) is 1. The molecule has 0 aliphatic carbocycles. The molecule has 0 bridgehead atoms. The average Bonchev–Trinajstić information content (AvgIpc) is 2.73. The standard InChI is InChI=1S/C19H21ClFN3O5S2/c1-14(22-30(26,27)18-9-5-3-7-16(18)21)19(25)23-10-12-24(13-11-23)31(28,29)17-8-4-2-6-15(17)20/h2-9,14,22H,10-13H2,1H3/t14-/m0/s1. The van der Waals surface area contributed by atoms with Crippen LogP contribution in [0.2, 0.25) is 5.02 Å². The van der Waals surface area contributed by atoms with E-state index in [0.717, 1.165) is 12.1 Å². The number of benzene rings is 2. The Morgan fingerprint density at radius 1 is 0.968 bits per heavy atom. The van der Waals surface area contributed by atoms with Crippen LogP contribution in [0.3, 0.4) is 0 Å². The highest BCUT2D eigenvalue weighted by Crippen LogP contribution is 2.25. The van der Waals surface area contributed by atoms with Gasteiger partial charge < -0.3 is 4.90 Å². The summed E-state index contributed by atoms with van der Waals surface area (Å²) in [7, 11) is -8.06. The van der Waals surface area contributed by atoms with Crippen molar-refractivity contribution < 1.29 is 26.0 Å². The number of rotatable bonds is 6. The maximum absolute atomic E-state index is 13.8. The van der Waals surface area contributed by atoms with E-state index in [1.807, 2.05) is 0 Å². The van der Waals surface area contributed by atoms with Crippen molar-refractivity contribution in [1.82, 2.24) is 13.9 Å². The zero-order valence-electron chi connectivity index (χ0n) is 16.5. The van der Waals surface area contributed by atoms with Crippen LogP contribution < -0.4 is 4.72 Å². The second-order valence-corrected chi connectivity index (χ2v) is 10.9. The van der Waals surface area contributed by atoms with Crippen molar-refractivity contribution in [2.45, 2.75) is 22.8 Å². The maximum atomic E-state index is 13.8. The van der Waals surface area contributed by atoms with Crippen molar-refractivity contribution in [2.24, 2.45) is 0 Å². The molecule has 1 N–H and O–H groups in total. The van der Waals surface area contributed by atoms with E-state index in [9.17, 15) is 26.0 Å². The first kappa shape index (κ1) is 23.6. The summed E-state index contributed by atoms with van der Waals surface area (Å²) in [4.78, 5) is 13.5. The van der Waals surface area contributed by atoms with E-state index in [4.69, 9.17) is 11.6 Å². The molecular formula is C19H21ClFN3O5S2. The highest BCUT2D eigenvalue weighted by Gasteiger charge is 2.33. The molecule has 1 fully saturated rings. The molecule has 1 aliphatic rings. The summed E-state index contributed by atoms with van der Waals surface area (Å²) in [5, 5.41) is 0.108. The van der Waals surface area contributed by atoms with E-state index in [0.29, 0.717) is 0 Å². The van der Waals surface area contributed by atoms with Crippen molar-refractivity contribution >= 4 is 37.6 Å². The number of nitrogens with one attached hydrogen (secondary N) is 1. The molecule has 1 amide bonds. The van der Waals surface area contributed by atoms with E-state index in [2.05, 4.69) is 4.72 Å². The predicted molar refractivity (Wildman–Crippen MR) is 113 cm³/mol. The van der Waals surface area contributed by atoms with E-state index >= 15 is 0 Å². The third kappa shape index (κ3) is 5.07. The summed E-state index contributed by atoms with van der Waals surface area (Å²) in [6, 6.07) is 9.79. The lowest BCUT2D eigenvalue weighted by atomic mass is 10.2. The Morgan fingerprint density at radius 2 is 1.52 bits per heavy atom. The molecule has 1 saturated heterocycles. The van der Waals surface area contributed by atoms with Gasteiger partial charge in [0.15, 0.2) is 0 Å². The minimum atomic E-state index is -4.24. The van der Waals surface area contributed by atoms with Crippen molar-refractivity contribution in [3.63, 3.8) is 0 Å². The molecule has 12 heteroatoms. The summed E-state index contributed by atoms with van der Waals surface area (Å²) in [6.07, 6.45) is 0. The van der Waals surface area contributed by atoms with E-state index in [-0.39, 0.29) is 36.1 Å². The van der Waals surface area contributed by atoms with Gasteiger partial charge in [-0.1, -0.05) is 35.9 Å². The second kappa shape index (κ2) is 9.21. The maximum Gasteiger partial charge on any atom is 0.244 e. The van der Waals surface area contributed by atoms with Gasteiger partial charge in [0.2, 0.25) is 26.0 Å². The van der Waals surface area contributed by atoms with Crippen molar-refractivity contribution in [3.05, 3.63) is 59.4 Å². The monoisotopic (exact) mass is 489 g/mol. The Balaban J connectivity index is 1.65. The Labute approximate surface area is 185 Å². The number of amides is 1. The largest absolute Gasteiger partial charge is 0.339 e.